The number of likely N-dealkylation sites (tertiary alicyclic amines) is 1. The van der Waals surface area contributed by atoms with Gasteiger partial charge in [0.05, 0.1) is 25.2 Å². The van der Waals surface area contributed by atoms with Crippen molar-refractivity contribution in [2.75, 3.05) is 12.6 Å². The summed E-state index contributed by atoms with van der Waals surface area (Å²) in [5, 5.41) is 10.9. The van der Waals surface area contributed by atoms with E-state index in [1.807, 2.05) is 0 Å². The average molecular weight is 574 g/mol. The molecule has 1 aliphatic carbocycles. The Bertz CT molecular complexity index is 1410. The number of hydrogen-bond donors (Lipinski definition) is 1. The van der Waals surface area contributed by atoms with Gasteiger partial charge in [0.2, 0.25) is 0 Å². The normalized spacial score (nSPS) is 30.0. The molecule has 13 heteroatoms. The third-order valence-corrected chi connectivity index (χ3v) is 8.94. The minimum atomic E-state index is -1.99. The van der Waals surface area contributed by atoms with Gasteiger partial charge in [-0.1, -0.05) is 28.1 Å². The highest BCUT2D eigenvalue weighted by atomic mass is 79.9. The minimum Gasteiger partial charge on any atom is -0.508 e. The van der Waals surface area contributed by atoms with E-state index >= 15 is 0 Å². The van der Waals surface area contributed by atoms with Crippen molar-refractivity contribution < 1.29 is 19.4 Å². The molecule has 1 aromatic carbocycles. The molecule has 2 aromatic rings. The maximum atomic E-state index is 13.6. The van der Waals surface area contributed by atoms with Gasteiger partial charge in [0, 0.05) is 31.0 Å². The van der Waals surface area contributed by atoms with Crippen LogP contribution in [0.3, 0.4) is 0 Å². The Labute approximate surface area is 211 Å². The molecule has 0 spiro atoms. The van der Waals surface area contributed by atoms with Gasteiger partial charge in [-0.15, -0.1) is 23.2 Å². The summed E-state index contributed by atoms with van der Waals surface area (Å²) in [6, 6.07) is 3.66. The van der Waals surface area contributed by atoms with Gasteiger partial charge in [-0.3, -0.25) is 14.5 Å². The maximum absolute atomic E-state index is 13.6. The number of carbonyl (C=O) groups is 2. The summed E-state index contributed by atoms with van der Waals surface area (Å²) in [5.41, 5.74) is -0.485. The van der Waals surface area contributed by atoms with E-state index in [2.05, 4.69) is 15.9 Å². The smallest absolute Gasteiger partial charge is 0.347 e. The van der Waals surface area contributed by atoms with Crippen LogP contribution in [0.15, 0.2) is 39.4 Å². The summed E-state index contributed by atoms with van der Waals surface area (Å²) < 4.78 is 8.64. The number of carbonyl (C=O) groups excluding carboxylic acids is 2. The lowest BCUT2D eigenvalue weighted by molar-refractivity contribution is -0.138. The van der Waals surface area contributed by atoms with Gasteiger partial charge in [-0.2, -0.15) is 0 Å². The Hall–Kier alpha value is -2.50. The van der Waals surface area contributed by atoms with E-state index in [0.717, 1.165) is 9.47 Å². The van der Waals surface area contributed by atoms with E-state index in [0.29, 0.717) is 11.3 Å². The minimum absolute atomic E-state index is 0.0424. The number of phenolic OH excluding ortho intramolecular Hbond substituents is 1. The third-order valence-electron chi connectivity index (χ3n) is 7.02. The molecule has 10 nitrogen and oxygen atoms in total. The molecule has 0 bridgehead atoms. The van der Waals surface area contributed by atoms with Gasteiger partial charge in [0.1, 0.15) is 11.5 Å². The van der Waals surface area contributed by atoms with Crippen LogP contribution < -0.4 is 16.1 Å². The summed E-state index contributed by atoms with van der Waals surface area (Å²) >= 11 is 17.2. The number of imide groups is 1. The predicted molar refractivity (Wildman–Crippen MR) is 126 cm³/mol. The first-order valence-electron chi connectivity index (χ1n) is 10.3. The number of fused-ring (bicyclic) bond motifs is 4. The van der Waals surface area contributed by atoms with Crippen molar-refractivity contribution in [3.8, 4) is 11.5 Å². The van der Waals surface area contributed by atoms with Gasteiger partial charge in [-0.05, 0) is 11.6 Å². The van der Waals surface area contributed by atoms with E-state index in [9.17, 15) is 24.3 Å². The summed E-state index contributed by atoms with van der Waals surface area (Å²) in [4.78, 5) is 49.5. The molecule has 2 aliphatic heterocycles. The molecule has 2 fully saturated rings. The molecule has 0 radical (unpaired) electrons. The van der Waals surface area contributed by atoms with Gasteiger partial charge in [-0.25, -0.2) is 23.5 Å². The molecule has 34 heavy (non-hydrogen) atoms. The zero-order valence-corrected chi connectivity index (χ0v) is 21.1. The van der Waals surface area contributed by atoms with Gasteiger partial charge < -0.3 is 9.84 Å². The second-order valence-corrected chi connectivity index (χ2v) is 10.2. The van der Waals surface area contributed by atoms with Crippen molar-refractivity contribution >= 4 is 50.9 Å². The van der Waals surface area contributed by atoms with E-state index in [1.165, 1.54) is 29.6 Å². The summed E-state index contributed by atoms with van der Waals surface area (Å²) in [6.45, 7) is 0.0424. The lowest BCUT2D eigenvalue weighted by atomic mass is 9.64. The summed E-state index contributed by atoms with van der Waals surface area (Å²) in [5.74, 6) is -2.35. The standard InChI is InChI=1S/C21H19BrCl2N4O6/c1-25-18(32)27-6-5-11-13(28(27)19(25)33)8-20(23)16(30)26(9-22)17(31)21(20,24)15(11)12-4-3-10(34-2)7-14(12)29/h3-5,7,13,15,29H,6,8-9H2,1-2H3/t13-,15-,20-,21+/m1/s1. The van der Waals surface area contributed by atoms with Crippen LogP contribution in [0.4, 0.5) is 0 Å². The topological polar surface area (TPSA) is 116 Å². The highest BCUT2D eigenvalue weighted by Crippen LogP contribution is 2.64. The Morgan fingerprint density at radius 1 is 1.18 bits per heavy atom. The zero-order valence-electron chi connectivity index (χ0n) is 18.0. The number of rotatable bonds is 3. The Morgan fingerprint density at radius 2 is 1.88 bits per heavy atom. The monoisotopic (exact) mass is 572 g/mol. The van der Waals surface area contributed by atoms with E-state index in [4.69, 9.17) is 27.9 Å². The fraction of sp³-hybridized carbons (Fsp3) is 0.429. The molecule has 1 N–H and O–H groups in total. The first kappa shape index (κ1) is 23.3. The second kappa shape index (κ2) is 7.50. The fourth-order valence-electron chi connectivity index (χ4n) is 5.36. The lowest BCUT2D eigenvalue weighted by Gasteiger charge is -2.49. The first-order valence-corrected chi connectivity index (χ1v) is 12.2. The van der Waals surface area contributed by atoms with Crippen LogP contribution in [0.2, 0.25) is 0 Å². The number of benzene rings is 1. The molecule has 5 rings (SSSR count). The van der Waals surface area contributed by atoms with Crippen molar-refractivity contribution in [1.82, 2.24) is 18.8 Å². The molecule has 0 unspecified atom stereocenters. The van der Waals surface area contributed by atoms with Crippen LogP contribution in [-0.4, -0.2) is 58.1 Å². The van der Waals surface area contributed by atoms with E-state index < -0.39 is 44.9 Å². The van der Waals surface area contributed by atoms with Gasteiger partial charge in [0.15, 0.2) is 9.75 Å². The van der Waals surface area contributed by atoms with E-state index in [1.54, 1.807) is 18.2 Å². The molecule has 1 aromatic heterocycles. The molecule has 1 saturated carbocycles. The van der Waals surface area contributed by atoms with Crippen molar-refractivity contribution in [2.45, 2.75) is 34.7 Å². The number of aromatic nitrogens is 3. The zero-order chi connectivity index (χ0) is 24.7. The number of aromatic hydroxyl groups is 1. The second-order valence-electron chi connectivity index (χ2n) is 8.50. The SMILES string of the molecule is COc1ccc([C@H]2C3=CCn4c(=O)n(C)c(=O)n4[C@@H]3C[C@@]3(Cl)C(=O)N(CBr)C(=O)[C@@]23Cl)c(O)c1. The fourth-order valence-corrected chi connectivity index (χ4v) is 6.76. The Kier molecular flexibility index (Phi) is 5.13. The quantitative estimate of drug-likeness (QED) is 0.257. The average Bonchev–Trinajstić information content (AvgIpc) is 3.12. The lowest BCUT2D eigenvalue weighted by Crippen LogP contribution is -2.59. The highest BCUT2D eigenvalue weighted by Gasteiger charge is 2.75. The van der Waals surface area contributed by atoms with Crippen molar-refractivity contribution in [1.29, 1.82) is 0 Å². The predicted octanol–water partition coefficient (Wildman–Crippen LogP) is 1.41. The van der Waals surface area contributed by atoms with Crippen molar-refractivity contribution in [3.05, 3.63) is 56.4 Å². The number of ether oxygens (including phenoxy) is 1. The molecule has 1 saturated heterocycles. The van der Waals surface area contributed by atoms with Crippen LogP contribution in [-0.2, 0) is 23.2 Å². The molecule has 3 heterocycles. The van der Waals surface area contributed by atoms with Gasteiger partial charge in [0.25, 0.3) is 11.8 Å². The molecule has 2 amide bonds. The first-order chi connectivity index (χ1) is 16.0. The van der Waals surface area contributed by atoms with Gasteiger partial charge >= 0.3 is 11.4 Å². The molecule has 180 valence electrons. The molecule has 4 atom stereocenters. The molecule has 3 aliphatic rings. The molecular formula is C21H19BrCl2N4O6. The number of amides is 2. The van der Waals surface area contributed by atoms with Crippen molar-refractivity contribution in [3.63, 3.8) is 0 Å². The van der Waals surface area contributed by atoms with Crippen LogP contribution in [0.25, 0.3) is 0 Å². The number of allylic oxidation sites excluding steroid dienone is 2. The van der Waals surface area contributed by atoms with Crippen LogP contribution in [0.1, 0.15) is 23.9 Å². The number of hydrogen-bond acceptors (Lipinski definition) is 6. The molecular weight excluding hydrogens is 555 g/mol. The highest BCUT2D eigenvalue weighted by molar-refractivity contribution is 9.09. The number of alkyl halides is 3. The number of methoxy groups -OCH3 is 1. The third kappa shape index (κ3) is 2.63. The Balaban J connectivity index is 1.82. The van der Waals surface area contributed by atoms with Crippen molar-refractivity contribution in [2.24, 2.45) is 7.05 Å². The Morgan fingerprint density at radius 3 is 2.50 bits per heavy atom. The van der Waals surface area contributed by atoms with Crippen LogP contribution in [0.5, 0.6) is 11.5 Å². The number of halogens is 3. The number of nitrogens with zero attached hydrogens (tertiary/aromatic N) is 4. The largest absolute Gasteiger partial charge is 0.508 e. The van der Waals surface area contributed by atoms with E-state index in [-0.39, 0.29) is 29.7 Å². The summed E-state index contributed by atoms with van der Waals surface area (Å²) in [6.07, 6.45) is 1.50. The number of phenols is 1. The van der Waals surface area contributed by atoms with Crippen LogP contribution >= 0.6 is 39.1 Å². The maximum Gasteiger partial charge on any atom is 0.347 e. The summed E-state index contributed by atoms with van der Waals surface area (Å²) in [7, 11) is 2.80. The van der Waals surface area contributed by atoms with Crippen LogP contribution in [0, 0.1) is 0 Å².